The molecule has 0 saturated heterocycles. The van der Waals surface area contributed by atoms with E-state index in [1.807, 2.05) is 48.5 Å². The van der Waals surface area contributed by atoms with Crippen LogP contribution in [-0.4, -0.2) is 26.4 Å². The number of hydrogen-bond acceptors (Lipinski definition) is 4. The van der Waals surface area contributed by atoms with Crippen LogP contribution in [-0.2, 0) is 0 Å². The zero-order valence-electron chi connectivity index (χ0n) is 23.2. The molecular weight excluding hydrogens is 520 g/mol. The molecule has 0 fully saturated rings. The topological polar surface area (TPSA) is 36.9 Å². The lowest BCUT2D eigenvalue weighted by Crippen LogP contribution is -2.15. The number of hydrogen-bond donors (Lipinski definition) is 0. The second-order valence-corrected chi connectivity index (χ2v) is 9.20. The molecule has 0 spiro atoms. The van der Waals surface area contributed by atoms with Crippen molar-refractivity contribution >= 4 is 0 Å². The summed E-state index contributed by atoms with van der Waals surface area (Å²) in [4.78, 5) is 0. The van der Waals surface area contributed by atoms with Gasteiger partial charge < -0.3 is 18.9 Å². The van der Waals surface area contributed by atoms with Gasteiger partial charge in [-0.15, -0.1) is 25.7 Å². The third-order valence-electron chi connectivity index (χ3n) is 6.58. The molecule has 0 aliphatic heterocycles. The van der Waals surface area contributed by atoms with Crippen LogP contribution in [0.3, 0.4) is 0 Å². The van der Waals surface area contributed by atoms with E-state index in [-0.39, 0.29) is 38.3 Å². The highest BCUT2D eigenvalue weighted by atomic mass is 16.5. The van der Waals surface area contributed by atoms with Crippen LogP contribution in [0.5, 0.6) is 23.0 Å². The largest absolute Gasteiger partial charge is 0.481 e. The van der Waals surface area contributed by atoms with Gasteiger partial charge in [0.2, 0.25) is 0 Å². The quantitative estimate of drug-likeness (QED) is 0.174. The van der Waals surface area contributed by atoms with Gasteiger partial charge in [0.05, 0.1) is 0 Å². The molecule has 0 unspecified atom stereocenters. The SMILES string of the molecule is C#CCOc1ccc(C(c2ccc(OCC#C)cc2)C(c2ccc(OCC#C)cc2)c2ccc(OCC#C)cc2)cc1. The van der Waals surface area contributed by atoms with Gasteiger partial charge in [-0.25, -0.2) is 0 Å². The monoisotopic (exact) mass is 550 g/mol. The number of benzene rings is 4. The Morgan fingerprint density at radius 2 is 0.548 bits per heavy atom. The zero-order chi connectivity index (χ0) is 29.6. The number of ether oxygens (including phenoxy) is 4. The molecule has 4 aromatic carbocycles. The molecule has 4 rings (SSSR count). The molecule has 4 aromatic rings. The Morgan fingerprint density at radius 3 is 0.714 bits per heavy atom. The van der Waals surface area contributed by atoms with E-state index in [9.17, 15) is 0 Å². The Labute approximate surface area is 248 Å². The third-order valence-corrected chi connectivity index (χ3v) is 6.58. The summed E-state index contributed by atoms with van der Waals surface area (Å²) in [6.45, 7) is 0.804. The maximum atomic E-state index is 5.64. The van der Waals surface area contributed by atoms with Crippen molar-refractivity contribution in [2.45, 2.75) is 11.8 Å². The number of rotatable bonds is 13. The van der Waals surface area contributed by atoms with Gasteiger partial charge in [0, 0.05) is 11.8 Å². The van der Waals surface area contributed by atoms with Crippen LogP contribution in [0.15, 0.2) is 97.1 Å². The molecule has 0 atom stereocenters. The maximum Gasteiger partial charge on any atom is 0.148 e. The summed E-state index contributed by atoms with van der Waals surface area (Å²) in [5.74, 6) is 12.7. The van der Waals surface area contributed by atoms with Crippen molar-refractivity contribution in [3.63, 3.8) is 0 Å². The summed E-state index contributed by atoms with van der Waals surface area (Å²) < 4.78 is 22.6. The van der Waals surface area contributed by atoms with E-state index in [2.05, 4.69) is 72.2 Å². The van der Waals surface area contributed by atoms with Crippen molar-refractivity contribution in [2.75, 3.05) is 26.4 Å². The second kappa shape index (κ2) is 15.2. The molecule has 0 heterocycles. The summed E-state index contributed by atoms with van der Waals surface area (Å²) in [6, 6.07) is 32.1. The molecule has 42 heavy (non-hydrogen) atoms. The van der Waals surface area contributed by atoms with Gasteiger partial charge in [-0.2, -0.15) is 0 Å². The first kappa shape index (κ1) is 29.3. The molecule has 0 radical (unpaired) electrons. The summed E-state index contributed by atoms with van der Waals surface area (Å²) in [5.41, 5.74) is 4.35. The Hall–Kier alpha value is -5.68. The van der Waals surface area contributed by atoms with Crippen molar-refractivity contribution in [1.82, 2.24) is 0 Å². The Balaban J connectivity index is 1.83. The van der Waals surface area contributed by atoms with E-state index in [1.165, 1.54) is 0 Å². The summed E-state index contributed by atoms with van der Waals surface area (Å²) in [7, 11) is 0. The molecule has 4 heteroatoms. The molecule has 0 saturated carbocycles. The van der Waals surface area contributed by atoms with Crippen LogP contribution < -0.4 is 18.9 Å². The fourth-order valence-corrected chi connectivity index (χ4v) is 4.74. The van der Waals surface area contributed by atoms with Crippen molar-refractivity contribution in [3.8, 4) is 72.4 Å². The number of terminal acetylenes is 4. The minimum atomic E-state index is -0.0941. The van der Waals surface area contributed by atoms with Gasteiger partial charge in [0.1, 0.15) is 49.4 Å². The zero-order valence-corrected chi connectivity index (χ0v) is 23.2. The minimum absolute atomic E-state index is 0.0941. The standard InChI is InChI=1S/C38H30O4/c1-5-25-39-33-17-9-29(10-18-33)37(30-11-19-34(20-12-30)40-26-6-2)38(31-13-21-35(22-14-31)41-27-7-3)32-15-23-36(24-16-32)42-28-8-4/h1-4,9-24,37-38H,25-28H2. The highest BCUT2D eigenvalue weighted by Gasteiger charge is 2.29. The summed E-state index contributed by atoms with van der Waals surface area (Å²) in [5, 5.41) is 0. The molecule has 0 bridgehead atoms. The van der Waals surface area contributed by atoms with Gasteiger partial charge in [-0.05, 0) is 70.8 Å². The molecule has 0 aliphatic carbocycles. The van der Waals surface area contributed by atoms with Crippen molar-refractivity contribution in [2.24, 2.45) is 0 Å². The normalized spacial score (nSPS) is 10.1. The van der Waals surface area contributed by atoms with Gasteiger partial charge in [0.15, 0.2) is 0 Å². The first-order valence-electron chi connectivity index (χ1n) is 13.3. The summed E-state index contributed by atoms with van der Waals surface area (Å²) in [6.07, 6.45) is 21.5. The van der Waals surface area contributed by atoms with Crippen LogP contribution in [0.1, 0.15) is 34.1 Å². The predicted octanol–water partition coefficient (Wildman–Crippen LogP) is 6.70. The van der Waals surface area contributed by atoms with E-state index >= 15 is 0 Å². The van der Waals surface area contributed by atoms with Gasteiger partial charge in [-0.1, -0.05) is 72.2 Å². The molecular formula is C38H30O4. The average Bonchev–Trinajstić information content (AvgIpc) is 3.04. The lowest BCUT2D eigenvalue weighted by atomic mass is 9.73. The molecule has 206 valence electrons. The van der Waals surface area contributed by atoms with Gasteiger partial charge >= 0.3 is 0 Å². The van der Waals surface area contributed by atoms with Crippen molar-refractivity contribution in [1.29, 1.82) is 0 Å². The molecule has 4 nitrogen and oxygen atoms in total. The Morgan fingerprint density at radius 1 is 0.357 bits per heavy atom. The molecule has 0 aliphatic rings. The van der Waals surface area contributed by atoms with Crippen LogP contribution in [0, 0.1) is 49.4 Å². The fraction of sp³-hybridized carbons (Fsp3) is 0.158. The van der Waals surface area contributed by atoms with E-state index in [0.717, 1.165) is 22.3 Å². The average molecular weight is 551 g/mol. The lowest BCUT2D eigenvalue weighted by Gasteiger charge is -2.30. The van der Waals surface area contributed by atoms with Crippen LogP contribution in [0.2, 0.25) is 0 Å². The smallest absolute Gasteiger partial charge is 0.148 e. The van der Waals surface area contributed by atoms with E-state index < -0.39 is 0 Å². The maximum absolute atomic E-state index is 5.64. The van der Waals surface area contributed by atoms with Crippen LogP contribution in [0.25, 0.3) is 0 Å². The first-order valence-corrected chi connectivity index (χ1v) is 13.3. The van der Waals surface area contributed by atoms with Crippen LogP contribution >= 0.6 is 0 Å². The Bertz CT molecular complexity index is 1340. The fourth-order valence-electron chi connectivity index (χ4n) is 4.74. The Kier molecular flexibility index (Phi) is 10.6. The van der Waals surface area contributed by atoms with Crippen LogP contribution in [0.4, 0.5) is 0 Å². The molecule has 0 amide bonds. The highest BCUT2D eigenvalue weighted by molar-refractivity contribution is 5.48. The summed E-state index contributed by atoms with van der Waals surface area (Å²) >= 11 is 0. The van der Waals surface area contributed by atoms with E-state index in [4.69, 9.17) is 44.6 Å². The van der Waals surface area contributed by atoms with Gasteiger partial charge in [-0.3, -0.25) is 0 Å². The molecule has 0 N–H and O–H groups in total. The van der Waals surface area contributed by atoms with E-state index in [0.29, 0.717) is 23.0 Å². The van der Waals surface area contributed by atoms with Crippen molar-refractivity contribution < 1.29 is 18.9 Å². The highest BCUT2D eigenvalue weighted by Crippen LogP contribution is 2.44. The lowest BCUT2D eigenvalue weighted by molar-refractivity contribution is 0.369. The first-order chi connectivity index (χ1) is 20.7. The predicted molar refractivity (Wildman–Crippen MR) is 167 cm³/mol. The second-order valence-electron chi connectivity index (χ2n) is 9.20. The van der Waals surface area contributed by atoms with Crippen molar-refractivity contribution in [3.05, 3.63) is 119 Å². The minimum Gasteiger partial charge on any atom is -0.481 e. The van der Waals surface area contributed by atoms with Gasteiger partial charge in [0.25, 0.3) is 0 Å². The third kappa shape index (κ3) is 7.71. The van der Waals surface area contributed by atoms with E-state index in [1.54, 1.807) is 0 Å². The molecule has 0 aromatic heterocycles.